The van der Waals surface area contributed by atoms with Crippen LogP contribution in [0.25, 0.3) is 0 Å². The highest BCUT2D eigenvalue weighted by Gasteiger charge is 2.31. The molecule has 2 amide bonds. The van der Waals surface area contributed by atoms with E-state index in [-0.39, 0.29) is 49.2 Å². The zero-order valence-corrected chi connectivity index (χ0v) is 14.8. The molecule has 0 bridgehead atoms. The van der Waals surface area contributed by atoms with Gasteiger partial charge in [-0.05, 0) is 30.2 Å². The average Bonchev–Trinajstić information content (AvgIpc) is 2.60. The molecule has 1 N–H and O–H groups in total. The Balaban J connectivity index is 1.88. The predicted octanol–water partition coefficient (Wildman–Crippen LogP) is 2.49. The first-order valence-electron chi connectivity index (χ1n) is 8.54. The largest absolute Gasteiger partial charge is 0.481 e. The van der Waals surface area contributed by atoms with Crippen LogP contribution in [0.4, 0.5) is 13.2 Å². The van der Waals surface area contributed by atoms with Crippen molar-refractivity contribution in [2.45, 2.75) is 25.9 Å². The molecule has 0 spiro atoms. The molecular weight excluding hydrogens is 365 g/mol. The molecule has 1 aromatic carbocycles. The fourth-order valence-electron chi connectivity index (χ4n) is 2.94. The van der Waals surface area contributed by atoms with Crippen LogP contribution >= 0.6 is 0 Å². The molecule has 0 radical (unpaired) electrons. The second-order valence-corrected chi connectivity index (χ2v) is 6.66. The van der Waals surface area contributed by atoms with Gasteiger partial charge in [0.25, 0.3) is 5.91 Å². The summed E-state index contributed by atoms with van der Waals surface area (Å²) in [5.41, 5.74) is -0.650. The number of amides is 2. The van der Waals surface area contributed by atoms with Crippen molar-refractivity contribution in [1.29, 1.82) is 0 Å². The number of piperazine rings is 1. The Morgan fingerprint density at radius 1 is 1.00 bits per heavy atom. The number of nitrogens with zero attached hydrogens (tertiary/aromatic N) is 2. The lowest BCUT2D eigenvalue weighted by Crippen LogP contribution is -2.50. The van der Waals surface area contributed by atoms with Gasteiger partial charge in [0.05, 0.1) is 5.56 Å². The SMILES string of the molecule is CC(CC(=O)O)CC(=O)N1CCN(C(=O)c2ccc(C(F)(F)F)cc2)CC1. The summed E-state index contributed by atoms with van der Waals surface area (Å²) in [4.78, 5) is 38.3. The van der Waals surface area contributed by atoms with Crippen molar-refractivity contribution in [2.24, 2.45) is 5.92 Å². The molecule has 6 nitrogen and oxygen atoms in total. The van der Waals surface area contributed by atoms with Crippen LogP contribution in [0.1, 0.15) is 35.7 Å². The Morgan fingerprint density at radius 2 is 1.52 bits per heavy atom. The number of aliphatic carboxylic acids is 1. The second-order valence-electron chi connectivity index (χ2n) is 6.66. The molecule has 1 fully saturated rings. The van der Waals surface area contributed by atoms with Gasteiger partial charge in [0.1, 0.15) is 0 Å². The maximum absolute atomic E-state index is 12.6. The number of hydrogen-bond donors (Lipinski definition) is 1. The first-order valence-corrected chi connectivity index (χ1v) is 8.54. The molecule has 2 rings (SSSR count). The zero-order chi connectivity index (χ0) is 20.2. The number of benzene rings is 1. The fourth-order valence-corrected chi connectivity index (χ4v) is 2.94. The highest BCUT2D eigenvalue weighted by Crippen LogP contribution is 2.29. The standard InChI is InChI=1S/C18H21F3N2O4/c1-12(11-16(25)26)10-15(24)22-6-8-23(9-7-22)17(27)13-2-4-14(5-3-13)18(19,20)21/h2-5,12H,6-11H2,1H3,(H,25,26). The zero-order valence-electron chi connectivity index (χ0n) is 14.8. The highest BCUT2D eigenvalue weighted by atomic mass is 19.4. The highest BCUT2D eigenvalue weighted by molar-refractivity contribution is 5.94. The van der Waals surface area contributed by atoms with Gasteiger partial charge in [-0.1, -0.05) is 6.92 Å². The lowest BCUT2D eigenvalue weighted by molar-refractivity contribution is -0.139. The van der Waals surface area contributed by atoms with Gasteiger partial charge >= 0.3 is 12.1 Å². The summed E-state index contributed by atoms with van der Waals surface area (Å²) in [5, 5.41) is 8.74. The van der Waals surface area contributed by atoms with E-state index >= 15 is 0 Å². The van der Waals surface area contributed by atoms with Crippen molar-refractivity contribution in [3.05, 3.63) is 35.4 Å². The molecule has 1 saturated heterocycles. The van der Waals surface area contributed by atoms with Gasteiger partial charge in [-0.2, -0.15) is 13.2 Å². The van der Waals surface area contributed by atoms with E-state index in [0.717, 1.165) is 24.3 Å². The predicted molar refractivity (Wildman–Crippen MR) is 90.0 cm³/mol. The summed E-state index contributed by atoms with van der Waals surface area (Å²) in [6.45, 7) is 2.87. The third-order valence-electron chi connectivity index (χ3n) is 4.42. The lowest BCUT2D eigenvalue weighted by atomic mass is 10.0. The third-order valence-corrected chi connectivity index (χ3v) is 4.42. The van der Waals surface area contributed by atoms with Gasteiger partial charge < -0.3 is 14.9 Å². The molecule has 148 valence electrons. The van der Waals surface area contributed by atoms with Crippen molar-refractivity contribution in [1.82, 2.24) is 9.80 Å². The van der Waals surface area contributed by atoms with Crippen LogP contribution in [-0.4, -0.2) is 58.9 Å². The Labute approximate surface area is 154 Å². The van der Waals surface area contributed by atoms with E-state index < -0.39 is 17.7 Å². The van der Waals surface area contributed by atoms with Crippen molar-refractivity contribution in [3.8, 4) is 0 Å². The van der Waals surface area contributed by atoms with E-state index in [1.54, 1.807) is 11.8 Å². The number of carbonyl (C=O) groups excluding carboxylic acids is 2. The maximum atomic E-state index is 12.6. The van der Waals surface area contributed by atoms with Gasteiger partial charge in [0.15, 0.2) is 0 Å². The fraction of sp³-hybridized carbons (Fsp3) is 0.500. The summed E-state index contributed by atoms with van der Waals surface area (Å²) in [7, 11) is 0. The summed E-state index contributed by atoms with van der Waals surface area (Å²) in [6, 6.07) is 4.04. The molecule has 1 heterocycles. The number of halogens is 3. The van der Waals surface area contributed by atoms with Crippen LogP contribution in [0.5, 0.6) is 0 Å². The molecule has 1 atom stereocenters. The van der Waals surface area contributed by atoms with Gasteiger partial charge in [0, 0.05) is 44.6 Å². The van der Waals surface area contributed by atoms with Gasteiger partial charge in [-0.25, -0.2) is 0 Å². The average molecular weight is 386 g/mol. The molecule has 1 aliphatic heterocycles. The minimum absolute atomic E-state index is 0.0852. The smallest absolute Gasteiger partial charge is 0.416 e. The molecule has 0 aliphatic carbocycles. The minimum Gasteiger partial charge on any atom is -0.481 e. The molecule has 1 unspecified atom stereocenters. The molecule has 0 aromatic heterocycles. The van der Waals surface area contributed by atoms with Crippen LogP contribution in [0.15, 0.2) is 24.3 Å². The van der Waals surface area contributed by atoms with Crippen molar-refractivity contribution >= 4 is 17.8 Å². The number of carbonyl (C=O) groups is 3. The quantitative estimate of drug-likeness (QED) is 0.844. The Kier molecular flexibility index (Phi) is 6.45. The van der Waals surface area contributed by atoms with Crippen LogP contribution in [-0.2, 0) is 15.8 Å². The molecular formula is C18H21F3N2O4. The molecule has 9 heteroatoms. The number of carboxylic acid groups (broad SMARTS) is 1. The summed E-state index contributed by atoms with van der Waals surface area (Å²) in [6.07, 6.45) is -4.41. The van der Waals surface area contributed by atoms with Gasteiger partial charge in [-0.15, -0.1) is 0 Å². The minimum atomic E-state index is -4.45. The number of alkyl halides is 3. The molecule has 0 saturated carbocycles. The number of rotatable bonds is 5. The first kappa shape index (κ1) is 20.7. The van der Waals surface area contributed by atoms with Crippen molar-refractivity contribution in [3.63, 3.8) is 0 Å². The summed E-state index contributed by atoms with van der Waals surface area (Å²) >= 11 is 0. The van der Waals surface area contributed by atoms with Crippen LogP contribution in [0.2, 0.25) is 0 Å². The summed E-state index contributed by atoms with van der Waals surface area (Å²) in [5.74, 6) is -1.77. The number of carboxylic acids is 1. The van der Waals surface area contributed by atoms with Crippen LogP contribution < -0.4 is 0 Å². The molecule has 1 aromatic rings. The van der Waals surface area contributed by atoms with Crippen LogP contribution in [0.3, 0.4) is 0 Å². The van der Waals surface area contributed by atoms with Crippen LogP contribution in [0, 0.1) is 5.92 Å². The second kappa shape index (κ2) is 8.41. The maximum Gasteiger partial charge on any atom is 0.416 e. The first-order chi connectivity index (χ1) is 12.6. The molecule has 1 aliphatic rings. The van der Waals surface area contributed by atoms with E-state index in [1.807, 2.05) is 0 Å². The van der Waals surface area contributed by atoms with Gasteiger partial charge in [0.2, 0.25) is 5.91 Å². The lowest BCUT2D eigenvalue weighted by Gasteiger charge is -2.35. The van der Waals surface area contributed by atoms with Gasteiger partial charge in [-0.3, -0.25) is 14.4 Å². The topological polar surface area (TPSA) is 77.9 Å². The Morgan fingerprint density at radius 3 is 2.00 bits per heavy atom. The van der Waals surface area contributed by atoms with Crippen molar-refractivity contribution in [2.75, 3.05) is 26.2 Å². The summed E-state index contributed by atoms with van der Waals surface area (Å²) < 4.78 is 37.8. The van der Waals surface area contributed by atoms with Crippen molar-refractivity contribution < 1.29 is 32.7 Å². The Hall–Kier alpha value is -2.58. The van der Waals surface area contributed by atoms with E-state index in [4.69, 9.17) is 5.11 Å². The van der Waals surface area contributed by atoms with E-state index in [2.05, 4.69) is 0 Å². The van der Waals surface area contributed by atoms with E-state index in [9.17, 15) is 27.6 Å². The molecule has 27 heavy (non-hydrogen) atoms. The third kappa shape index (κ3) is 5.70. The monoisotopic (exact) mass is 386 g/mol. The normalized spacial score (nSPS) is 16.1. The van der Waals surface area contributed by atoms with E-state index in [1.165, 1.54) is 4.90 Å². The van der Waals surface area contributed by atoms with E-state index in [0.29, 0.717) is 13.1 Å². The number of hydrogen-bond acceptors (Lipinski definition) is 3. The Bertz CT molecular complexity index is 696.